The molecule has 0 N–H and O–H groups in total. The van der Waals surface area contributed by atoms with Gasteiger partial charge in [-0.1, -0.05) is 37.6 Å². The fourth-order valence-corrected chi connectivity index (χ4v) is 4.02. The minimum absolute atomic E-state index is 0.537. The van der Waals surface area contributed by atoms with E-state index in [1.54, 1.807) is 0 Å². The molecule has 0 spiro atoms. The van der Waals surface area contributed by atoms with Gasteiger partial charge in [0.1, 0.15) is 0 Å². The molecule has 3 heteroatoms. The molecule has 0 bridgehead atoms. The van der Waals surface area contributed by atoms with Gasteiger partial charge in [0.2, 0.25) is 11.9 Å². The normalized spacial score (nSPS) is 20.6. The van der Waals surface area contributed by atoms with Crippen molar-refractivity contribution < 1.29 is 8.78 Å². The highest BCUT2D eigenvalue weighted by Gasteiger charge is 2.22. The molecule has 0 atom stereocenters. The van der Waals surface area contributed by atoms with Crippen LogP contribution >= 0.6 is 0 Å². The van der Waals surface area contributed by atoms with Crippen LogP contribution in [0.1, 0.15) is 68.1 Å². The highest BCUT2D eigenvalue weighted by Crippen LogP contribution is 2.37. The number of aromatic nitrogens is 1. The zero-order valence-electron chi connectivity index (χ0n) is 15.0. The minimum atomic E-state index is -0.744. The summed E-state index contributed by atoms with van der Waals surface area (Å²) in [5, 5.41) is 0. The van der Waals surface area contributed by atoms with Crippen LogP contribution in [-0.4, -0.2) is 4.98 Å². The molecular weight excluding hydrogens is 316 g/mol. The lowest BCUT2D eigenvalue weighted by Gasteiger charge is -2.29. The minimum Gasteiger partial charge on any atom is -0.190 e. The summed E-state index contributed by atoms with van der Waals surface area (Å²) in [6.45, 7) is 2.21. The molecule has 1 heterocycles. The maximum absolute atomic E-state index is 13.6. The van der Waals surface area contributed by atoms with Crippen LogP contribution in [0.4, 0.5) is 8.78 Å². The molecule has 25 heavy (non-hydrogen) atoms. The van der Waals surface area contributed by atoms with Crippen LogP contribution in [0.25, 0.3) is 0 Å². The topological polar surface area (TPSA) is 12.9 Å². The van der Waals surface area contributed by atoms with Gasteiger partial charge in [0.15, 0.2) is 0 Å². The van der Waals surface area contributed by atoms with Crippen LogP contribution in [0.3, 0.4) is 0 Å². The standard InChI is InChI=1S/C22H27F2N/c1-2-3-16-4-9-18(10-5-16)19-11-6-17(7-12-19)8-13-20-14-15-21(23)25-22(20)24/h4-5,9-10,14-15,17,19H,2-3,6-8,11-13H2,1H3/t17-,19-. The molecule has 1 aliphatic rings. The first-order valence-electron chi connectivity index (χ1n) is 9.55. The van der Waals surface area contributed by atoms with Gasteiger partial charge in [-0.3, -0.25) is 0 Å². The Hall–Kier alpha value is -1.77. The first-order chi connectivity index (χ1) is 12.2. The van der Waals surface area contributed by atoms with Crippen LogP contribution < -0.4 is 0 Å². The number of benzene rings is 1. The van der Waals surface area contributed by atoms with Crippen molar-refractivity contribution in [1.82, 2.24) is 4.98 Å². The molecule has 1 aromatic heterocycles. The predicted molar refractivity (Wildman–Crippen MR) is 97.6 cm³/mol. The lowest BCUT2D eigenvalue weighted by Crippen LogP contribution is -2.14. The summed E-state index contributed by atoms with van der Waals surface area (Å²) in [5.74, 6) is -0.0937. The van der Waals surface area contributed by atoms with E-state index >= 15 is 0 Å². The lowest BCUT2D eigenvalue weighted by atomic mass is 9.77. The Balaban J connectivity index is 1.48. The quantitative estimate of drug-likeness (QED) is 0.567. The van der Waals surface area contributed by atoms with E-state index in [4.69, 9.17) is 0 Å². The number of halogens is 2. The summed E-state index contributed by atoms with van der Waals surface area (Å²) in [4.78, 5) is 3.28. The Morgan fingerprint density at radius 1 is 0.920 bits per heavy atom. The second-order valence-corrected chi connectivity index (χ2v) is 7.33. The van der Waals surface area contributed by atoms with Crippen molar-refractivity contribution in [2.24, 2.45) is 5.92 Å². The summed E-state index contributed by atoms with van der Waals surface area (Å²) >= 11 is 0. The lowest BCUT2D eigenvalue weighted by molar-refractivity contribution is 0.309. The maximum Gasteiger partial charge on any atom is 0.218 e. The zero-order chi connectivity index (χ0) is 17.6. The van der Waals surface area contributed by atoms with Gasteiger partial charge in [0.05, 0.1) is 0 Å². The SMILES string of the molecule is CCCc1ccc([C@H]2CC[C@H](CCc3ccc(F)nc3F)CC2)cc1. The van der Waals surface area contributed by atoms with E-state index in [1.165, 1.54) is 55.4 Å². The summed E-state index contributed by atoms with van der Waals surface area (Å²) < 4.78 is 26.5. The van der Waals surface area contributed by atoms with E-state index in [-0.39, 0.29) is 0 Å². The van der Waals surface area contributed by atoms with Crippen LogP contribution in [-0.2, 0) is 12.8 Å². The third-order valence-electron chi connectivity index (χ3n) is 5.55. The van der Waals surface area contributed by atoms with E-state index in [0.717, 1.165) is 12.8 Å². The van der Waals surface area contributed by atoms with Gasteiger partial charge >= 0.3 is 0 Å². The van der Waals surface area contributed by atoms with Crippen molar-refractivity contribution in [3.05, 3.63) is 65.0 Å². The highest BCUT2D eigenvalue weighted by atomic mass is 19.1. The van der Waals surface area contributed by atoms with Crippen molar-refractivity contribution in [3.63, 3.8) is 0 Å². The number of hydrogen-bond acceptors (Lipinski definition) is 1. The number of rotatable bonds is 6. The van der Waals surface area contributed by atoms with Gasteiger partial charge in [0.25, 0.3) is 0 Å². The van der Waals surface area contributed by atoms with Crippen LogP contribution in [0.5, 0.6) is 0 Å². The van der Waals surface area contributed by atoms with Gasteiger partial charge in [-0.05, 0) is 80.0 Å². The molecule has 0 radical (unpaired) electrons. The summed E-state index contributed by atoms with van der Waals surface area (Å²) in [6.07, 6.45) is 8.77. The van der Waals surface area contributed by atoms with Crippen LogP contribution in [0.2, 0.25) is 0 Å². The van der Waals surface area contributed by atoms with Crippen molar-refractivity contribution in [2.75, 3.05) is 0 Å². The molecule has 1 fully saturated rings. The van der Waals surface area contributed by atoms with E-state index in [0.29, 0.717) is 23.8 Å². The molecule has 1 nitrogen and oxygen atoms in total. The fraction of sp³-hybridized carbons (Fsp3) is 0.500. The van der Waals surface area contributed by atoms with E-state index in [1.807, 2.05) is 0 Å². The first-order valence-corrected chi connectivity index (χ1v) is 9.55. The summed E-state index contributed by atoms with van der Waals surface area (Å²) in [6, 6.07) is 11.9. The van der Waals surface area contributed by atoms with Crippen molar-refractivity contribution >= 4 is 0 Å². The molecule has 0 unspecified atom stereocenters. The Kier molecular flexibility index (Phi) is 6.17. The third kappa shape index (κ3) is 4.87. The molecule has 1 aromatic carbocycles. The van der Waals surface area contributed by atoms with Crippen molar-refractivity contribution in [1.29, 1.82) is 0 Å². The van der Waals surface area contributed by atoms with Gasteiger partial charge in [-0.15, -0.1) is 0 Å². The molecule has 2 aromatic rings. The van der Waals surface area contributed by atoms with E-state index in [9.17, 15) is 8.78 Å². The van der Waals surface area contributed by atoms with Gasteiger partial charge in [0, 0.05) is 5.56 Å². The zero-order valence-corrected chi connectivity index (χ0v) is 15.0. The average molecular weight is 343 g/mol. The van der Waals surface area contributed by atoms with E-state index in [2.05, 4.69) is 36.2 Å². The predicted octanol–water partition coefficient (Wildman–Crippen LogP) is 6.22. The Morgan fingerprint density at radius 2 is 1.64 bits per heavy atom. The number of nitrogens with zero attached hydrogens (tertiary/aromatic N) is 1. The van der Waals surface area contributed by atoms with Gasteiger partial charge in [-0.2, -0.15) is 13.8 Å². The van der Waals surface area contributed by atoms with Crippen LogP contribution in [0.15, 0.2) is 36.4 Å². The molecule has 134 valence electrons. The highest BCUT2D eigenvalue weighted by molar-refractivity contribution is 5.26. The maximum atomic E-state index is 13.6. The molecule has 1 aliphatic carbocycles. The Morgan fingerprint density at radius 3 is 2.28 bits per heavy atom. The Bertz CT molecular complexity index is 673. The van der Waals surface area contributed by atoms with Gasteiger partial charge < -0.3 is 0 Å². The van der Waals surface area contributed by atoms with Crippen LogP contribution in [0, 0.1) is 17.8 Å². The third-order valence-corrected chi connectivity index (χ3v) is 5.55. The molecule has 0 aliphatic heterocycles. The molecule has 0 saturated heterocycles. The van der Waals surface area contributed by atoms with Crippen molar-refractivity contribution in [2.45, 2.75) is 64.2 Å². The summed E-state index contributed by atoms with van der Waals surface area (Å²) in [7, 11) is 0. The second kappa shape index (κ2) is 8.55. The van der Waals surface area contributed by atoms with Crippen molar-refractivity contribution in [3.8, 4) is 0 Å². The monoisotopic (exact) mass is 343 g/mol. The van der Waals surface area contributed by atoms with E-state index < -0.39 is 11.9 Å². The Labute approximate surface area is 149 Å². The van der Waals surface area contributed by atoms with Gasteiger partial charge in [-0.25, -0.2) is 0 Å². The molecule has 3 rings (SSSR count). The number of hydrogen-bond donors (Lipinski definition) is 0. The first kappa shape index (κ1) is 18.0. The average Bonchev–Trinajstić information content (AvgIpc) is 2.62. The fourth-order valence-electron chi connectivity index (χ4n) is 4.02. The summed E-state index contributed by atoms with van der Waals surface area (Å²) in [5.41, 5.74) is 3.43. The molecule has 0 amide bonds. The second-order valence-electron chi connectivity index (χ2n) is 7.33. The number of aryl methyl sites for hydroxylation is 2. The smallest absolute Gasteiger partial charge is 0.190 e. The largest absolute Gasteiger partial charge is 0.218 e. The molecule has 1 saturated carbocycles. The number of pyridine rings is 1. The molecular formula is C22H27F2N.